The van der Waals surface area contributed by atoms with E-state index in [2.05, 4.69) is 12.2 Å². The standard InChI is InChI=1S/C14H18N2O4/c1-9-5-7-16(8-6-9)14(20)15-11-4-2-3-10(12(11)17)13(18)19/h2-4,9,17H,5-8H2,1H3,(H,15,20)(H,18,19). The summed E-state index contributed by atoms with van der Waals surface area (Å²) < 4.78 is 0. The Balaban J connectivity index is 2.08. The lowest BCUT2D eigenvalue weighted by Gasteiger charge is -2.30. The van der Waals surface area contributed by atoms with Crippen LogP contribution in [0.1, 0.15) is 30.1 Å². The summed E-state index contributed by atoms with van der Waals surface area (Å²) in [6, 6.07) is 3.94. The highest BCUT2D eigenvalue weighted by molar-refractivity contribution is 5.97. The lowest BCUT2D eigenvalue weighted by molar-refractivity contribution is 0.0693. The minimum absolute atomic E-state index is 0.119. The molecular formula is C14H18N2O4. The molecule has 6 heteroatoms. The molecule has 0 aliphatic carbocycles. The van der Waals surface area contributed by atoms with Gasteiger partial charge in [-0.1, -0.05) is 13.0 Å². The number of nitrogens with zero attached hydrogens (tertiary/aromatic N) is 1. The first-order valence-corrected chi connectivity index (χ1v) is 6.60. The molecule has 20 heavy (non-hydrogen) atoms. The molecule has 6 nitrogen and oxygen atoms in total. The van der Waals surface area contributed by atoms with Crippen LogP contribution in [0.4, 0.5) is 10.5 Å². The highest BCUT2D eigenvalue weighted by Gasteiger charge is 2.22. The number of carbonyl (C=O) groups excluding carboxylic acids is 1. The van der Waals surface area contributed by atoms with E-state index < -0.39 is 11.7 Å². The van der Waals surface area contributed by atoms with Gasteiger partial charge >= 0.3 is 12.0 Å². The van der Waals surface area contributed by atoms with Crippen LogP contribution in [0, 0.1) is 5.92 Å². The van der Waals surface area contributed by atoms with E-state index in [1.54, 1.807) is 4.90 Å². The zero-order valence-electron chi connectivity index (χ0n) is 11.3. The predicted molar refractivity (Wildman–Crippen MR) is 74.1 cm³/mol. The van der Waals surface area contributed by atoms with Gasteiger partial charge in [-0.15, -0.1) is 0 Å². The molecule has 1 saturated heterocycles. The van der Waals surface area contributed by atoms with Gasteiger partial charge in [0.05, 0.1) is 5.69 Å². The molecule has 0 saturated carbocycles. The predicted octanol–water partition coefficient (Wildman–Crippen LogP) is 2.35. The Kier molecular flexibility index (Phi) is 4.12. The molecule has 1 aromatic carbocycles. The molecule has 108 valence electrons. The van der Waals surface area contributed by atoms with Crippen molar-refractivity contribution in [2.24, 2.45) is 5.92 Å². The van der Waals surface area contributed by atoms with E-state index in [-0.39, 0.29) is 17.3 Å². The Hall–Kier alpha value is -2.24. The smallest absolute Gasteiger partial charge is 0.339 e. The molecule has 1 aromatic rings. The van der Waals surface area contributed by atoms with Crippen molar-refractivity contribution in [3.05, 3.63) is 23.8 Å². The number of carbonyl (C=O) groups is 2. The van der Waals surface area contributed by atoms with Crippen molar-refractivity contribution in [1.82, 2.24) is 4.90 Å². The van der Waals surface area contributed by atoms with E-state index in [0.717, 1.165) is 12.8 Å². The summed E-state index contributed by atoms with van der Waals surface area (Å²) in [6.07, 6.45) is 1.91. The Morgan fingerprint density at radius 2 is 1.95 bits per heavy atom. The van der Waals surface area contributed by atoms with Crippen LogP contribution in [0.2, 0.25) is 0 Å². The van der Waals surface area contributed by atoms with Crippen molar-refractivity contribution in [3.8, 4) is 5.75 Å². The van der Waals surface area contributed by atoms with E-state index >= 15 is 0 Å². The van der Waals surface area contributed by atoms with Crippen LogP contribution in [-0.2, 0) is 0 Å². The number of nitrogens with one attached hydrogen (secondary N) is 1. The zero-order valence-corrected chi connectivity index (χ0v) is 11.3. The van der Waals surface area contributed by atoms with Crippen LogP contribution < -0.4 is 5.32 Å². The Labute approximate surface area is 117 Å². The quantitative estimate of drug-likeness (QED) is 0.724. The molecule has 1 heterocycles. The van der Waals surface area contributed by atoms with E-state index in [1.165, 1.54) is 18.2 Å². The fraction of sp³-hybridized carbons (Fsp3) is 0.429. The molecule has 3 N–H and O–H groups in total. The molecule has 0 radical (unpaired) electrons. The lowest BCUT2D eigenvalue weighted by atomic mass is 10.00. The number of phenols is 1. The summed E-state index contributed by atoms with van der Waals surface area (Å²) >= 11 is 0. The average molecular weight is 278 g/mol. The minimum atomic E-state index is -1.23. The average Bonchev–Trinajstić information content (AvgIpc) is 2.41. The molecular weight excluding hydrogens is 260 g/mol. The van der Waals surface area contributed by atoms with Crippen molar-refractivity contribution in [2.75, 3.05) is 18.4 Å². The van der Waals surface area contributed by atoms with Crippen LogP contribution in [-0.4, -0.2) is 40.2 Å². The van der Waals surface area contributed by atoms with Crippen LogP contribution in [0.25, 0.3) is 0 Å². The Morgan fingerprint density at radius 1 is 1.30 bits per heavy atom. The van der Waals surface area contributed by atoms with Crippen LogP contribution in [0.15, 0.2) is 18.2 Å². The van der Waals surface area contributed by atoms with E-state index in [9.17, 15) is 14.7 Å². The number of amides is 2. The van der Waals surface area contributed by atoms with Crippen molar-refractivity contribution < 1.29 is 19.8 Å². The lowest BCUT2D eigenvalue weighted by Crippen LogP contribution is -2.40. The number of aromatic hydroxyl groups is 1. The van der Waals surface area contributed by atoms with Gasteiger partial charge in [0.15, 0.2) is 5.75 Å². The topological polar surface area (TPSA) is 89.9 Å². The molecule has 0 spiro atoms. The number of hydrogen-bond donors (Lipinski definition) is 3. The van der Waals surface area contributed by atoms with Crippen molar-refractivity contribution in [3.63, 3.8) is 0 Å². The van der Waals surface area contributed by atoms with E-state index in [4.69, 9.17) is 5.11 Å². The molecule has 1 fully saturated rings. The maximum atomic E-state index is 12.1. The van der Waals surface area contributed by atoms with Gasteiger partial charge < -0.3 is 20.4 Å². The summed E-state index contributed by atoms with van der Waals surface area (Å²) in [4.78, 5) is 24.7. The summed E-state index contributed by atoms with van der Waals surface area (Å²) in [5.74, 6) is -1.04. The summed E-state index contributed by atoms with van der Waals surface area (Å²) in [7, 11) is 0. The third-order valence-electron chi connectivity index (χ3n) is 3.58. The largest absolute Gasteiger partial charge is 0.505 e. The molecule has 2 amide bonds. The molecule has 0 atom stereocenters. The molecule has 1 aliphatic rings. The van der Waals surface area contributed by atoms with E-state index in [0.29, 0.717) is 19.0 Å². The van der Waals surface area contributed by atoms with Gasteiger partial charge in [-0.05, 0) is 30.9 Å². The number of aromatic carboxylic acids is 1. The molecule has 2 rings (SSSR count). The second kappa shape index (κ2) is 5.81. The van der Waals surface area contributed by atoms with Gasteiger partial charge in [0.25, 0.3) is 0 Å². The summed E-state index contributed by atoms with van der Waals surface area (Å²) in [6.45, 7) is 3.50. The third-order valence-corrected chi connectivity index (χ3v) is 3.58. The van der Waals surface area contributed by atoms with Gasteiger partial charge in [-0.2, -0.15) is 0 Å². The van der Waals surface area contributed by atoms with Crippen molar-refractivity contribution in [1.29, 1.82) is 0 Å². The normalized spacial score (nSPS) is 15.9. The Morgan fingerprint density at radius 3 is 2.55 bits per heavy atom. The zero-order chi connectivity index (χ0) is 14.7. The summed E-state index contributed by atoms with van der Waals surface area (Å²) in [5, 5.41) is 21.3. The molecule has 0 unspecified atom stereocenters. The first-order chi connectivity index (χ1) is 9.49. The van der Waals surface area contributed by atoms with Crippen molar-refractivity contribution in [2.45, 2.75) is 19.8 Å². The first-order valence-electron chi connectivity index (χ1n) is 6.60. The highest BCUT2D eigenvalue weighted by atomic mass is 16.4. The van der Waals surface area contributed by atoms with E-state index in [1.807, 2.05) is 0 Å². The molecule has 1 aliphatic heterocycles. The number of likely N-dealkylation sites (tertiary alicyclic amines) is 1. The fourth-order valence-electron chi connectivity index (χ4n) is 2.22. The highest BCUT2D eigenvalue weighted by Crippen LogP contribution is 2.28. The van der Waals surface area contributed by atoms with Gasteiger partial charge in [0.2, 0.25) is 0 Å². The maximum absolute atomic E-state index is 12.1. The summed E-state index contributed by atoms with van der Waals surface area (Å²) in [5.41, 5.74) is -0.108. The van der Waals surface area contributed by atoms with Gasteiger partial charge in [0.1, 0.15) is 5.56 Å². The van der Waals surface area contributed by atoms with Crippen molar-refractivity contribution >= 4 is 17.7 Å². The number of anilines is 1. The number of para-hydroxylation sites is 1. The number of hydrogen-bond acceptors (Lipinski definition) is 3. The molecule has 0 aromatic heterocycles. The number of piperidine rings is 1. The second-order valence-electron chi connectivity index (χ2n) is 5.11. The fourth-order valence-corrected chi connectivity index (χ4v) is 2.22. The Bertz CT molecular complexity index is 522. The van der Waals surface area contributed by atoms with Gasteiger partial charge in [-0.3, -0.25) is 0 Å². The number of carboxylic acids is 1. The first kappa shape index (κ1) is 14.2. The number of benzene rings is 1. The SMILES string of the molecule is CC1CCN(C(=O)Nc2cccc(C(=O)O)c2O)CC1. The van der Waals surface area contributed by atoms with Crippen LogP contribution in [0.3, 0.4) is 0 Å². The number of urea groups is 1. The molecule has 0 bridgehead atoms. The monoisotopic (exact) mass is 278 g/mol. The van der Waals surface area contributed by atoms with Crippen LogP contribution >= 0.6 is 0 Å². The maximum Gasteiger partial charge on any atom is 0.339 e. The van der Waals surface area contributed by atoms with Crippen LogP contribution in [0.5, 0.6) is 5.75 Å². The number of carboxylic acid groups (broad SMARTS) is 1. The number of rotatable bonds is 2. The van der Waals surface area contributed by atoms with Gasteiger partial charge in [-0.25, -0.2) is 9.59 Å². The van der Waals surface area contributed by atoms with Gasteiger partial charge in [0, 0.05) is 13.1 Å². The second-order valence-corrected chi connectivity index (χ2v) is 5.11. The third kappa shape index (κ3) is 3.01. The minimum Gasteiger partial charge on any atom is -0.505 e.